The lowest BCUT2D eigenvalue weighted by molar-refractivity contribution is 0.275. The third-order valence-electron chi connectivity index (χ3n) is 3.45. The predicted molar refractivity (Wildman–Crippen MR) is 90.9 cm³/mol. The van der Waals surface area contributed by atoms with E-state index in [4.69, 9.17) is 19.3 Å². The number of nitrogens with one attached hydrogen (secondary N) is 1. The number of ether oxygens (including phenoxy) is 3. The maximum Gasteiger partial charge on any atom is 0.262 e. The van der Waals surface area contributed by atoms with Gasteiger partial charge < -0.3 is 24.4 Å². The van der Waals surface area contributed by atoms with Gasteiger partial charge in [0.05, 0.1) is 38.5 Å². The van der Waals surface area contributed by atoms with Crippen LogP contribution in [0.25, 0.3) is 0 Å². The number of hydrogen-bond donors (Lipinski definition) is 3. The maximum atomic E-state index is 12.5. The Morgan fingerprint density at radius 1 is 1.00 bits per heavy atom. The van der Waals surface area contributed by atoms with E-state index in [-0.39, 0.29) is 33.4 Å². The van der Waals surface area contributed by atoms with Gasteiger partial charge in [-0.2, -0.15) is 0 Å². The molecule has 0 amide bonds. The van der Waals surface area contributed by atoms with Crippen LogP contribution in [0.5, 0.6) is 23.0 Å². The number of benzene rings is 2. The minimum Gasteiger partial charge on any atom is -0.508 e. The van der Waals surface area contributed by atoms with E-state index in [1.54, 1.807) is 0 Å². The van der Waals surface area contributed by atoms with Gasteiger partial charge >= 0.3 is 0 Å². The third kappa shape index (κ3) is 3.89. The monoisotopic (exact) mass is 369 g/mol. The second-order valence-corrected chi connectivity index (χ2v) is 6.65. The highest BCUT2D eigenvalue weighted by Crippen LogP contribution is 2.40. The van der Waals surface area contributed by atoms with Crippen LogP contribution in [0.1, 0.15) is 5.56 Å². The summed E-state index contributed by atoms with van der Waals surface area (Å²) in [4.78, 5) is -0.157. The van der Waals surface area contributed by atoms with Gasteiger partial charge in [-0.15, -0.1) is 0 Å². The summed E-state index contributed by atoms with van der Waals surface area (Å²) in [5, 5.41) is 18.8. The van der Waals surface area contributed by atoms with E-state index < -0.39 is 16.6 Å². The molecule has 0 radical (unpaired) electrons. The van der Waals surface area contributed by atoms with E-state index in [1.165, 1.54) is 45.6 Å². The normalized spacial score (nSPS) is 11.0. The van der Waals surface area contributed by atoms with Gasteiger partial charge in [0.2, 0.25) is 5.75 Å². The van der Waals surface area contributed by atoms with E-state index in [0.29, 0.717) is 5.75 Å². The van der Waals surface area contributed by atoms with Gasteiger partial charge in [0.1, 0.15) is 5.75 Å². The molecule has 0 aliphatic carbocycles. The van der Waals surface area contributed by atoms with E-state index in [9.17, 15) is 13.5 Å². The Morgan fingerprint density at radius 3 is 2.04 bits per heavy atom. The first-order chi connectivity index (χ1) is 11.9. The summed E-state index contributed by atoms with van der Waals surface area (Å²) in [6.45, 7) is -0.396. The van der Waals surface area contributed by atoms with Crippen LogP contribution in [0.3, 0.4) is 0 Å². The van der Waals surface area contributed by atoms with Crippen molar-refractivity contribution in [3.8, 4) is 23.0 Å². The number of rotatable bonds is 7. The molecule has 0 aliphatic heterocycles. The van der Waals surface area contributed by atoms with Crippen LogP contribution in [-0.2, 0) is 16.6 Å². The number of sulfonamides is 1. The minimum atomic E-state index is -3.97. The SMILES string of the molecule is COc1cc(NS(=O)(=O)c2ccc(CO)c(O)c2)cc(OC)c1OC. The highest BCUT2D eigenvalue weighted by atomic mass is 32.2. The van der Waals surface area contributed by atoms with Crippen LogP contribution in [0, 0.1) is 0 Å². The Kier molecular flexibility index (Phi) is 5.60. The van der Waals surface area contributed by atoms with Crippen molar-refractivity contribution in [3.05, 3.63) is 35.9 Å². The first-order valence-corrected chi connectivity index (χ1v) is 8.60. The molecule has 0 spiro atoms. The molecule has 0 fully saturated rings. The molecular weight excluding hydrogens is 350 g/mol. The first kappa shape index (κ1) is 18.7. The zero-order valence-electron chi connectivity index (χ0n) is 13.9. The highest BCUT2D eigenvalue weighted by Gasteiger charge is 2.19. The molecule has 0 saturated carbocycles. The van der Waals surface area contributed by atoms with Crippen molar-refractivity contribution in [1.82, 2.24) is 0 Å². The summed E-state index contributed by atoms with van der Waals surface area (Å²) in [6.07, 6.45) is 0. The molecule has 2 aromatic rings. The van der Waals surface area contributed by atoms with Crippen molar-refractivity contribution < 1.29 is 32.8 Å². The van der Waals surface area contributed by atoms with Gasteiger partial charge in [0.15, 0.2) is 11.5 Å². The molecule has 0 atom stereocenters. The molecular formula is C16H19NO7S. The van der Waals surface area contributed by atoms with Crippen LogP contribution in [0.15, 0.2) is 35.2 Å². The number of anilines is 1. The van der Waals surface area contributed by atoms with Crippen molar-refractivity contribution in [1.29, 1.82) is 0 Å². The molecule has 25 heavy (non-hydrogen) atoms. The molecule has 0 heterocycles. The van der Waals surface area contributed by atoms with E-state index in [2.05, 4.69) is 4.72 Å². The van der Waals surface area contributed by atoms with Crippen molar-refractivity contribution >= 4 is 15.7 Å². The summed E-state index contributed by atoms with van der Waals surface area (Å²) < 4.78 is 43.0. The molecule has 2 aromatic carbocycles. The minimum absolute atomic E-state index is 0.157. The largest absolute Gasteiger partial charge is 0.508 e. The number of hydrogen-bond acceptors (Lipinski definition) is 7. The van der Waals surface area contributed by atoms with Gasteiger partial charge in [0.25, 0.3) is 10.0 Å². The molecule has 0 aliphatic rings. The standard InChI is InChI=1S/C16H19NO7S/c1-22-14-6-11(7-15(23-2)16(14)24-3)17-25(20,21)12-5-4-10(9-18)13(19)8-12/h4-8,17-19H,9H2,1-3H3. The molecule has 136 valence electrons. The van der Waals surface area contributed by atoms with Crippen LogP contribution in [0.4, 0.5) is 5.69 Å². The Hall–Kier alpha value is -2.65. The molecule has 0 aromatic heterocycles. The Morgan fingerprint density at radius 2 is 1.60 bits per heavy atom. The topological polar surface area (TPSA) is 114 Å². The lowest BCUT2D eigenvalue weighted by atomic mass is 10.2. The number of methoxy groups -OCH3 is 3. The second-order valence-electron chi connectivity index (χ2n) is 4.97. The summed E-state index contributed by atoms with van der Waals surface area (Å²) in [5.74, 6) is 0.601. The van der Waals surface area contributed by atoms with Crippen LogP contribution in [-0.4, -0.2) is 40.0 Å². The van der Waals surface area contributed by atoms with Gasteiger partial charge in [-0.25, -0.2) is 8.42 Å². The second kappa shape index (κ2) is 7.49. The molecule has 3 N–H and O–H groups in total. The van der Waals surface area contributed by atoms with Crippen molar-refractivity contribution in [3.63, 3.8) is 0 Å². The van der Waals surface area contributed by atoms with E-state index in [0.717, 1.165) is 6.07 Å². The fraction of sp³-hybridized carbons (Fsp3) is 0.250. The quantitative estimate of drug-likeness (QED) is 0.681. The number of aromatic hydroxyl groups is 1. The average molecular weight is 369 g/mol. The zero-order chi connectivity index (χ0) is 18.6. The van der Waals surface area contributed by atoms with Crippen LogP contribution >= 0.6 is 0 Å². The zero-order valence-corrected chi connectivity index (χ0v) is 14.8. The lowest BCUT2D eigenvalue weighted by Crippen LogP contribution is -2.13. The van der Waals surface area contributed by atoms with Gasteiger partial charge in [-0.3, -0.25) is 4.72 Å². The molecule has 0 bridgehead atoms. The van der Waals surface area contributed by atoms with Gasteiger partial charge in [-0.05, 0) is 6.07 Å². The highest BCUT2D eigenvalue weighted by molar-refractivity contribution is 7.92. The summed E-state index contributed by atoms with van der Waals surface area (Å²) in [7, 11) is 0.302. The molecule has 0 unspecified atom stereocenters. The molecule has 2 rings (SSSR count). The Labute approximate surface area is 145 Å². The fourth-order valence-corrected chi connectivity index (χ4v) is 3.26. The first-order valence-electron chi connectivity index (χ1n) is 7.11. The fourth-order valence-electron chi connectivity index (χ4n) is 2.20. The van der Waals surface area contributed by atoms with Crippen molar-refractivity contribution in [2.75, 3.05) is 26.1 Å². The third-order valence-corrected chi connectivity index (χ3v) is 4.83. The molecule has 8 nitrogen and oxygen atoms in total. The number of phenols is 1. The van der Waals surface area contributed by atoms with Crippen LogP contribution in [0.2, 0.25) is 0 Å². The Bertz CT molecular complexity index is 840. The lowest BCUT2D eigenvalue weighted by Gasteiger charge is -2.15. The predicted octanol–water partition coefficient (Wildman–Crippen LogP) is 1.71. The van der Waals surface area contributed by atoms with Gasteiger partial charge in [-0.1, -0.05) is 6.07 Å². The average Bonchev–Trinajstić information content (AvgIpc) is 2.60. The number of aliphatic hydroxyl groups excluding tert-OH is 1. The molecule has 9 heteroatoms. The summed E-state index contributed by atoms with van der Waals surface area (Å²) in [5.41, 5.74) is 0.423. The summed E-state index contributed by atoms with van der Waals surface area (Å²) in [6, 6.07) is 6.57. The van der Waals surface area contributed by atoms with Crippen molar-refractivity contribution in [2.45, 2.75) is 11.5 Å². The van der Waals surface area contributed by atoms with Crippen LogP contribution < -0.4 is 18.9 Å². The maximum absolute atomic E-state index is 12.5. The smallest absolute Gasteiger partial charge is 0.262 e. The van der Waals surface area contributed by atoms with Gasteiger partial charge in [0, 0.05) is 23.8 Å². The Balaban J connectivity index is 2.42. The van der Waals surface area contributed by atoms with E-state index >= 15 is 0 Å². The van der Waals surface area contributed by atoms with E-state index in [1.807, 2.05) is 0 Å². The number of aliphatic hydroxyl groups is 1. The summed E-state index contributed by atoms with van der Waals surface area (Å²) >= 11 is 0. The molecule has 0 saturated heterocycles. The van der Waals surface area contributed by atoms with Crippen molar-refractivity contribution in [2.24, 2.45) is 0 Å².